The molecule has 1 amide bonds. The molecule has 0 bridgehead atoms. The molecule has 0 aromatic heterocycles. The Bertz CT molecular complexity index is 385. The molecule has 0 radical (unpaired) electrons. The Morgan fingerprint density at radius 1 is 1.47 bits per heavy atom. The second kappa shape index (κ2) is 7.17. The summed E-state index contributed by atoms with van der Waals surface area (Å²) in [7, 11) is 0. The summed E-state index contributed by atoms with van der Waals surface area (Å²) in [6.07, 6.45) is 3.11. The number of rotatable bonds is 6. The van der Waals surface area contributed by atoms with Crippen LogP contribution in [0.2, 0.25) is 0 Å². The van der Waals surface area contributed by atoms with Gasteiger partial charge in [0, 0.05) is 19.2 Å². The van der Waals surface area contributed by atoms with Gasteiger partial charge in [0.15, 0.2) is 0 Å². The third kappa shape index (κ3) is 5.08. The molecule has 2 N–H and O–H groups in total. The van der Waals surface area contributed by atoms with Crippen molar-refractivity contribution in [2.45, 2.75) is 13.3 Å². The monoisotopic (exact) mass is 256 g/mol. The molecule has 0 aliphatic heterocycles. The zero-order chi connectivity index (χ0) is 12.7. The van der Waals surface area contributed by atoms with Crippen LogP contribution >= 0.6 is 11.8 Å². The molecule has 0 saturated heterocycles. The fraction of sp³-hybridized carbons (Fsp3) is 0.417. The van der Waals surface area contributed by atoms with E-state index in [4.69, 9.17) is 0 Å². The number of nitrogens with one attached hydrogen (secondary N) is 2. The summed E-state index contributed by atoms with van der Waals surface area (Å²) in [6.45, 7) is 2.20. The van der Waals surface area contributed by atoms with Crippen LogP contribution in [0.15, 0.2) is 18.2 Å². The van der Waals surface area contributed by atoms with E-state index in [9.17, 15) is 9.18 Å². The van der Waals surface area contributed by atoms with Gasteiger partial charge in [-0.15, -0.1) is 0 Å². The molecule has 94 valence electrons. The summed E-state index contributed by atoms with van der Waals surface area (Å²) in [5, 5.41) is 5.65. The van der Waals surface area contributed by atoms with E-state index in [2.05, 4.69) is 16.9 Å². The molecule has 0 aliphatic rings. The minimum absolute atomic E-state index is 0.215. The van der Waals surface area contributed by atoms with E-state index in [1.807, 2.05) is 0 Å². The molecule has 1 rings (SSSR count). The molecule has 1 aromatic carbocycles. The topological polar surface area (TPSA) is 41.1 Å². The smallest absolute Gasteiger partial charge is 0.221 e. The summed E-state index contributed by atoms with van der Waals surface area (Å²) in [5.41, 5.74) is 1.03. The second-order valence-electron chi connectivity index (χ2n) is 3.65. The zero-order valence-corrected chi connectivity index (χ0v) is 10.9. The molecular formula is C12H17FN2OS. The van der Waals surface area contributed by atoms with E-state index in [-0.39, 0.29) is 11.6 Å². The van der Waals surface area contributed by atoms with Crippen LogP contribution in [0.4, 0.5) is 15.8 Å². The molecule has 0 heterocycles. The van der Waals surface area contributed by atoms with Crippen molar-refractivity contribution in [3.63, 3.8) is 0 Å². The van der Waals surface area contributed by atoms with E-state index >= 15 is 0 Å². The number of hydrogen-bond acceptors (Lipinski definition) is 3. The average molecular weight is 256 g/mol. The van der Waals surface area contributed by atoms with Gasteiger partial charge in [-0.05, 0) is 36.6 Å². The van der Waals surface area contributed by atoms with E-state index < -0.39 is 5.82 Å². The first-order valence-electron chi connectivity index (χ1n) is 5.43. The van der Waals surface area contributed by atoms with Crippen molar-refractivity contribution in [3.05, 3.63) is 24.0 Å². The Morgan fingerprint density at radius 3 is 2.88 bits per heavy atom. The van der Waals surface area contributed by atoms with Crippen molar-refractivity contribution in [2.24, 2.45) is 0 Å². The molecule has 1 aromatic rings. The highest BCUT2D eigenvalue weighted by molar-refractivity contribution is 7.98. The lowest BCUT2D eigenvalue weighted by molar-refractivity contribution is -0.114. The van der Waals surface area contributed by atoms with Crippen LogP contribution in [-0.4, -0.2) is 24.5 Å². The number of carbonyl (C=O) groups excluding carboxylic acids is 1. The predicted octanol–water partition coefficient (Wildman–Crippen LogP) is 2.95. The summed E-state index contributed by atoms with van der Waals surface area (Å²) in [5.74, 6) is 0.394. The van der Waals surface area contributed by atoms with Gasteiger partial charge in [-0.3, -0.25) is 4.79 Å². The quantitative estimate of drug-likeness (QED) is 0.769. The van der Waals surface area contributed by atoms with Crippen molar-refractivity contribution in [2.75, 3.05) is 29.2 Å². The number of thioether (sulfide) groups is 1. The first-order valence-corrected chi connectivity index (χ1v) is 6.83. The molecule has 0 spiro atoms. The third-order valence-corrected chi connectivity index (χ3v) is 2.83. The lowest BCUT2D eigenvalue weighted by Crippen LogP contribution is -2.09. The maximum atomic E-state index is 13.3. The Balaban J connectivity index is 2.58. The zero-order valence-electron chi connectivity index (χ0n) is 10.0. The van der Waals surface area contributed by atoms with Crippen LogP contribution in [-0.2, 0) is 4.79 Å². The van der Waals surface area contributed by atoms with Gasteiger partial charge >= 0.3 is 0 Å². The normalized spacial score (nSPS) is 10.1. The third-order valence-electron chi connectivity index (χ3n) is 2.13. The highest BCUT2D eigenvalue weighted by Gasteiger charge is 2.04. The summed E-state index contributed by atoms with van der Waals surface area (Å²) in [4.78, 5) is 10.9. The van der Waals surface area contributed by atoms with Crippen LogP contribution in [0.3, 0.4) is 0 Å². The van der Waals surface area contributed by atoms with Gasteiger partial charge in [-0.25, -0.2) is 4.39 Å². The van der Waals surface area contributed by atoms with Crippen molar-refractivity contribution in [1.82, 2.24) is 0 Å². The number of carbonyl (C=O) groups is 1. The first kappa shape index (κ1) is 13.8. The predicted molar refractivity (Wildman–Crippen MR) is 72.2 cm³/mol. The summed E-state index contributed by atoms with van der Waals surface area (Å²) < 4.78 is 13.3. The summed E-state index contributed by atoms with van der Waals surface area (Å²) >= 11 is 1.79. The van der Waals surface area contributed by atoms with Crippen molar-refractivity contribution in [1.29, 1.82) is 0 Å². The van der Waals surface area contributed by atoms with E-state index in [0.29, 0.717) is 0 Å². The molecule has 3 nitrogen and oxygen atoms in total. The van der Waals surface area contributed by atoms with Crippen molar-refractivity contribution in [3.8, 4) is 0 Å². The van der Waals surface area contributed by atoms with Gasteiger partial charge < -0.3 is 10.6 Å². The van der Waals surface area contributed by atoms with Crippen molar-refractivity contribution >= 4 is 29.0 Å². The van der Waals surface area contributed by atoms with Gasteiger partial charge in [-0.1, -0.05) is 0 Å². The van der Waals surface area contributed by atoms with Crippen LogP contribution in [0.1, 0.15) is 13.3 Å². The fourth-order valence-corrected chi connectivity index (χ4v) is 1.80. The molecule has 0 unspecified atom stereocenters. The first-order chi connectivity index (χ1) is 8.13. The molecule has 0 aliphatic carbocycles. The lowest BCUT2D eigenvalue weighted by Gasteiger charge is -2.09. The Hall–Kier alpha value is -1.23. The lowest BCUT2D eigenvalue weighted by atomic mass is 10.2. The van der Waals surface area contributed by atoms with Gasteiger partial charge in [-0.2, -0.15) is 11.8 Å². The maximum absolute atomic E-state index is 13.3. The minimum atomic E-state index is -0.421. The van der Waals surface area contributed by atoms with Gasteiger partial charge in [0.1, 0.15) is 5.82 Å². The van der Waals surface area contributed by atoms with Crippen molar-refractivity contribution < 1.29 is 9.18 Å². The number of amides is 1. The summed E-state index contributed by atoms with van der Waals surface area (Å²) in [6, 6.07) is 4.62. The number of halogens is 1. The van der Waals surface area contributed by atoms with E-state index in [1.54, 1.807) is 23.9 Å². The fourth-order valence-electron chi connectivity index (χ4n) is 1.37. The maximum Gasteiger partial charge on any atom is 0.221 e. The number of benzene rings is 1. The Labute approximate surface area is 105 Å². The van der Waals surface area contributed by atoms with E-state index in [1.165, 1.54) is 13.0 Å². The minimum Gasteiger partial charge on any atom is -0.385 e. The molecule has 5 heteroatoms. The highest BCUT2D eigenvalue weighted by Crippen LogP contribution is 2.19. The van der Waals surface area contributed by atoms with Gasteiger partial charge in [0.25, 0.3) is 0 Å². The molecule has 0 atom stereocenters. The number of anilines is 2. The van der Waals surface area contributed by atoms with E-state index in [0.717, 1.165) is 24.4 Å². The SMILES string of the molecule is CSCCCNc1ccc(F)c(NC(C)=O)c1. The van der Waals surface area contributed by atoms with Gasteiger partial charge in [0.05, 0.1) is 5.69 Å². The largest absolute Gasteiger partial charge is 0.385 e. The molecule has 17 heavy (non-hydrogen) atoms. The highest BCUT2D eigenvalue weighted by atomic mass is 32.2. The van der Waals surface area contributed by atoms with Crippen LogP contribution in [0.25, 0.3) is 0 Å². The molecule has 0 saturated carbocycles. The van der Waals surface area contributed by atoms with Gasteiger partial charge in [0.2, 0.25) is 5.91 Å². The standard InChI is InChI=1S/C12H17FN2OS/c1-9(16)15-12-8-10(4-5-11(12)13)14-6-3-7-17-2/h4-5,8,14H,3,6-7H2,1-2H3,(H,15,16). The van der Waals surface area contributed by atoms with Crippen LogP contribution in [0, 0.1) is 5.82 Å². The Kier molecular flexibility index (Phi) is 5.83. The van der Waals surface area contributed by atoms with Crippen LogP contribution < -0.4 is 10.6 Å². The Morgan fingerprint density at radius 2 is 2.24 bits per heavy atom. The molecular weight excluding hydrogens is 239 g/mol. The molecule has 0 fully saturated rings. The van der Waals surface area contributed by atoms with Crippen LogP contribution in [0.5, 0.6) is 0 Å². The average Bonchev–Trinajstić information content (AvgIpc) is 2.28. The number of hydrogen-bond donors (Lipinski definition) is 2. The second-order valence-corrected chi connectivity index (χ2v) is 4.63.